The van der Waals surface area contributed by atoms with Gasteiger partial charge in [-0.2, -0.15) is 0 Å². The lowest BCUT2D eigenvalue weighted by Crippen LogP contribution is -2.10. The van der Waals surface area contributed by atoms with Crippen LogP contribution >= 0.6 is 0 Å². The molecule has 0 radical (unpaired) electrons. The highest BCUT2D eigenvalue weighted by Gasteiger charge is 2.14. The third-order valence-electron chi connectivity index (χ3n) is 4.62. The van der Waals surface area contributed by atoms with Crippen molar-refractivity contribution >= 4 is 11.9 Å². The van der Waals surface area contributed by atoms with Gasteiger partial charge in [-0.05, 0) is 12.8 Å². The molecule has 0 bridgehead atoms. The Kier molecular flexibility index (Phi) is 16.6. The summed E-state index contributed by atoms with van der Waals surface area (Å²) < 4.78 is 0. The highest BCUT2D eigenvalue weighted by Crippen LogP contribution is 2.14. The zero-order chi connectivity index (χ0) is 18.8. The summed E-state index contributed by atoms with van der Waals surface area (Å²) >= 11 is 0. The maximum absolute atomic E-state index is 10.7. The molecule has 0 fully saturated rings. The Hall–Kier alpha value is -1.32. The van der Waals surface area contributed by atoms with E-state index in [1.54, 1.807) is 0 Å². The number of aliphatic carboxylic acids is 2. The molecule has 0 aromatic carbocycles. The first-order valence-corrected chi connectivity index (χ1v) is 10.3. The van der Waals surface area contributed by atoms with E-state index in [1.165, 1.54) is 83.1 Å². The number of carboxylic acid groups (broad SMARTS) is 2. The van der Waals surface area contributed by atoms with Crippen molar-refractivity contribution in [3.63, 3.8) is 0 Å². The molecule has 0 amide bonds. The van der Waals surface area contributed by atoms with Crippen molar-refractivity contribution in [2.75, 3.05) is 0 Å². The van der Waals surface area contributed by atoms with Crippen LogP contribution in [-0.4, -0.2) is 22.2 Å². The molecule has 0 saturated heterocycles. The van der Waals surface area contributed by atoms with Crippen LogP contribution in [0.3, 0.4) is 0 Å². The van der Waals surface area contributed by atoms with Gasteiger partial charge in [-0.3, -0.25) is 0 Å². The third-order valence-corrected chi connectivity index (χ3v) is 4.62. The van der Waals surface area contributed by atoms with Crippen molar-refractivity contribution in [1.29, 1.82) is 0 Å². The van der Waals surface area contributed by atoms with Crippen LogP contribution in [0.15, 0.2) is 11.6 Å². The molecule has 0 aliphatic heterocycles. The Morgan fingerprint density at radius 3 is 1.24 bits per heavy atom. The molecular weight excluding hydrogens is 316 g/mol. The standard InChI is InChI=1S/C21H38O4/c1-2-3-4-5-6-7-8-9-10-11-12-13-14-15-16-17-18-19(20(22)23)21(24)25/h18H,2-17H2,1H3,(H,22,23)(H,24,25). The number of carbonyl (C=O) groups is 2. The van der Waals surface area contributed by atoms with Crippen molar-refractivity contribution in [1.82, 2.24) is 0 Å². The predicted octanol–water partition coefficient (Wildman–Crippen LogP) is 6.34. The fraction of sp³-hybridized carbons (Fsp3) is 0.810. The molecule has 0 heterocycles. The normalized spacial score (nSPS) is 10.6. The minimum atomic E-state index is -1.35. The average molecular weight is 355 g/mol. The van der Waals surface area contributed by atoms with Crippen LogP contribution < -0.4 is 0 Å². The van der Waals surface area contributed by atoms with Gasteiger partial charge in [0.15, 0.2) is 0 Å². The summed E-state index contributed by atoms with van der Waals surface area (Å²) in [6, 6.07) is 0. The lowest BCUT2D eigenvalue weighted by atomic mass is 10.0. The average Bonchev–Trinajstić information content (AvgIpc) is 2.57. The van der Waals surface area contributed by atoms with Crippen LogP contribution in [0.25, 0.3) is 0 Å². The van der Waals surface area contributed by atoms with Gasteiger partial charge >= 0.3 is 11.9 Å². The molecule has 0 spiro atoms. The first-order chi connectivity index (χ1) is 12.1. The van der Waals surface area contributed by atoms with Crippen LogP contribution in [0.4, 0.5) is 0 Å². The van der Waals surface area contributed by atoms with Gasteiger partial charge in [0.05, 0.1) is 0 Å². The van der Waals surface area contributed by atoms with Crippen molar-refractivity contribution in [3.8, 4) is 0 Å². The Morgan fingerprint density at radius 2 is 0.920 bits per heavy atom. The lowest BCUT2D eigenvalue weighted by Gasteiger charge is -2.03. The minimum Gasteiger partial charge on any atom is -0.477 e. The number of rotatable bonds is 18. The fourth-order valence-corrected chi connectivity index (χ4v) is 3.03. The van der Waals surface area contributed by atoms with Gasteiger partial charge in [0.1, 0.15) is 5.57 Å². The van der Waals surface area contributed by atoms with Gasteiger partial charge in [-0.1, -0.05) is 103 Å². The van der Waals surface area contributed by atoms with Gasteiger partial charge in [0.2, 0.25) is 0 Å². The van der Waals surface area contributed by atoms with E-state index < -0.39 is 17.5 Å². The quantitative estimate of drug-likeness (QED) is 0.130. The number of unbranched alkanes of at least 4 members (excludes halogenated alkanes) is 15. The largest absolute Gasteiger partial charge is 0.477 e. The van der Waals surface area contributed by atoms with Gasteiger partial charge in [0, 0.05) is 0 Å². The van der Waals surface area contributed by atoms with Gasteiger partial charge in [0.25, 0.3) is 0 Å². The highest BCUT2D eigenvalue weighted by atomic mass is 16.4. The summed E-state index contributed by atoms with van der Waals surface area (Å²) in [4.78, 5) is 21.4. The molecule has 0 aromatic rings. The molecule has 0 aromatic heterocycles. The van der Waals surface area contributed by atoms with Crippen molar-refractivity contribution in [2.24, 2.45) is 0 Å². The van der Waals surface area contributed by atoms with Gasteiger partial charge in [-0.15, -0.1) is 0 Å². The number of hydrogen-bond donors (Lipinski definition) is 2. The minimum absolute atomic E-state index is 0.509. The van der Waals surface area contributed by atoms with Crippen molar-refractivity contribution < 1.29 is 19.8 Å². The fourth-order valence-electron chi connectivity index (χ4n) is 3.03. The molecule has 0 atom stereocenters. The second-order valence-corrected chi connectivity index (χ2v) is 6.97. The summed E-state index contributed by atoms with van der Waals surface area (Å²) in [6.07, 6.45) is 21.2. The van der Waals surface area contributed by atoms with Crippen LogP contribution in [0.1, 0.15) is 110 Å². The van der Waals surface area contributed by atoms with E-state index in [0.29, 0.717) is 6.42 Å². The second kappa shape index (κ2) is 17.5. The molecule has 25 heavy (non-hydrogen) atoms. The topological polar surface area (TPSA) is 74.6 Å². The zero-order valence-corrected chi connectivity index (χ0v) is 16.1. The SMILES string of the molecule is CCCCCCCCCCCCCCCCCC=C(C(=O)O)C(=O)O. The van der Waals surface area contributed by atoms with E-state index in [0.717, 1.165) is 19.3 Å². The molecule has 2 N–H and O–H groups in total. The molecule has 0 unspecified atom stereocenters. The van der Waals surface area contributed by atoms with E-state index in [4.69, 9.17) is 10.2 Å². The monoisotopic (exact) mass is 354 g/mol. The highest BCUT2D eigenvalue weighted by molar-refractivity contribution is 6.12. The Labute approximate surface area is 153 Å². The second-order valence-electron chi connectivity index (χ2n) is 6.97. The molecule has 0 saturated carbocycles. The molecule has 0 aliphatic carbocycles. The number of hydrogen-bond acceptors (Lipinski definition) is 2. The summed E-state index contributed by atoms with van der Waals surface area (Å²) in [5, 5.41) is 17.4. The van der Waals surface area contributed by atoms with Crippen LogP contribution in [0.5, 0.6) is 0 Å². The van der Waals surface area contributed by atoms with Crippen molar-refractivity contribution in [3.05, 3.63) is 11.6 Å². The van der Waals surface area contributed by atoms with E-state index in [2.05, 4.69) is 6.92 Å². The van der Waals surface area contributed by atoms with E-state index in [1.807, 2.05) is 0 Å². The zero-order valence-electron chi connectivity index (χ0n) is 16.1. The Balaban J connectivity index is 3.30. The summed E-state index contributed by atoms with van der Waals surface area (Å²) in [5.74, 6) is -2.71. The predicted molar refractivity (Wildman–Crippen MR) is 103 cm³/mol. The molecule has 146 valence electrons. The Morgan fingerprint density at radius 1 is 0.600 bits per heavy atom. The number of allylic oxidation sites excluding steroid dienone is 1. The molecule has 0 rings (SSSR count). The summed E-state index contributed by atoms with van der Waals surface area (Å²) in [5.41, 5.74) is -0.509. The smallest absolute Gasteiger partial charge is 0.342 e. The summed E-state index contributed by atoms with van der Waals surface area (Å²) in [7, 11) is 0. The lowest BCUT2D eigenvalue weighted by molar-refractivity contribution is -0.140. The third kappa shape index (κ3) is 15.9. The maximum atomic E-state index is 10.7. The van der Waals surface area contributed by atoms with Gasteiger partial charge < -0.3 is 10.2 Å². The Bertz CT molecular complexity index is 358. The summed E-state index contributed by atoms with van der Waals surface area (Å²) in [6.45, 7) is 2.26. The van der Waals surface area contributed by atoms with Gasteiger partial charge in [-0.25, -0.2) is 9.59 Å². The first-order valence-electron chi connectivity index (χ1n) is 10.3. The van der Waals surface area contributed by atoms with E-state index in [-0.39, 0.29) is 0 Å². The van der Waals surface area contributed by atoms with Crippen LogP contribution in [-0.2, 0) is 9.59 Å². The van der Waals surface area contributed by atoms with Crippen molar-refractivity contribution in [2.45, 2.75) is 110 Å². The van der Waals surface area contributed by atoms with Crippen LogP contribution in [0, 0.1) is 0 Å². The van der Waals surface area contributed by atoms with Crippen LogP contribution in [0.2, 0.25) is 0 Å². The molecule has 4 nitrogen and oxygen atoms in total. The molecule has 4 heteroatoms. The first kappa shape index (κ1) is 23.7. The molecule has 0 aliphatic rings. The van der Waals surface area contributed by atoms with E-state index in [9.17, 15) is 9.59 Å². The maximum Gasteiger partial charge on any atom is 0.342 e. The van der Waals surface area contributed by atoms with E-state index >= 15 is 0 Å². The molecular formula is C21H38O4. The number of carboxylic acids is 2.